The van der Waals surface area contributed by atoms with Crippen molar-refractivity contribution in [2.24, 2.45) is 46.3 Å². The summed E-state index contributed by atoms with van der Waals surface area (Å²) in [6.45, 7) is 12.8. The van der Waals surface area contributed by atoms with Crippen LogP contribution in [0.1, 0.15) is 81.1 Å². The van der Waals surface area contributed by atoms with Crippen LogP contribution in [0.2, 0.25) is 0 Å². The van der Waals surface area contributed by atoms with Crippen molar-refractivity contribution in [2.45, 2.75) is 117 Å². The predicted molar refractivity (Wildman–Crippen MR) is 276 cm³/mol. The third kappa shape index (κ3) is 13.3. The van der Waals surface area contributed by atoms with Gasteiger partial charge in [-0.25, -0.2) is 8.78 Å². The van der Waals surface area contributed by atoms with Gasteiger partial charge < -0.3 is 52.3 Å². The molecule has 0 radical (unpaired) electrons. The third-order valence-electron chi connectivity index (χ3n) is 15.7. The van der Waals surface area contributed by atoms with Crippen molar-refractivity contribution in [1.29, 1.82) is 0 Å². The first-order valence-electron chi connectivity index (χ1n) is 26.0. The molecule has 76 heavy (non-hydrogen) atoms. The molecule has 4 fully saturated rings. The summed E-state index contributed by atoms with van der Waals surface area (Å²) in [7, 11) is 3.23. The predicted octanol–water partition coefficient (Wildman–Crippen LogP) is 1.90. The number of Topliss-reactive ketones (excluding diaryl/α,β-unsaturated/α-hetero) is 2. The second-order valence-electron chi connectivity index (χ2n) is 22.8. The van der Waals surface area contributed by atoms with Gasteiger partial charge in [0.15, 0.2) is 11.6 Å². The summed E-state index contributed by atoms with van der Waals surface area (Å²) in [4.78, 5) is 141. The number of hydrogen-bond donors (Lipinski definition) is 8. The Balaban J connectivity index is 1.13. The average Bonchev–Trinajstić information content (AvgIpc) is 4.19. The van der Waals surface area contributed by atoms with E-state index in [0.717, 1.165) is 0 Å². The minimum Gasteiger partial charge on any atom is -0.344 e. The highest BCUT2D eigenvalue weighted by Gasteiger charge is 2.58. The number of benzene rings is 2. The smallest absolute Gasteiger partial charge is 0.309 e. The molecule has 2 heterocycles. The molecular weight excluding hydrogens is 987 g/mol. The second kappa shape index (κ2) is 24.1. The molecule has 12 atom stereocenters. The number of amides is 8. The summed E-state index contributed by atoms with van der Waals surface area (Å²) < 4.78 is 27.6. The minimum absolute atomic E-state index is 0.00978. The number of nitrogens with one attached hydrogen (secondary N) is 8. The summed E-state index contributed by atoms with van der Waals surface area (Å²) in [5, 5.41) is 21.7. The number of halogens is 2. The molecule has 2 aromatic carbocycles. The van der Waals surface area contributed by atoms with Gasteiger partial charge in [0.2, 0.25) is 35.4 Å². The molecule has 6 rings (SSSR count). The van der Waals surface area contributed by atoms with Gasteiger partial charge in [0.25, 0.3) is 0 Å². The maximum Gasteiger partial charge on any atom is 0.309 e. The number of rotatable bonds is 18. The summed E-state index contributed by atoms with van der Waals surface area (Å²) >= 11 is 0. The zero-order chi connectivity index (χ0) is 56.1. The first-order valence-corrected chi connectivity index (χ1v) is 26.0. The fourth-order valence-corrected chi connectivity index (χ4v) is 11.3. The van der Waals surface area contributed by atoms with Gasteiger partial charge in [-0.15, -0.1) is 0 Å². The molecule has 2 saturated heterocycles. The van der Waals surface area contributed by atoms with Crippen LogP contribution in [0.25, 0.3) is 0 Å². The Morgan fingerprint density at radius 1 is 0.605 bits per heavy atom. The Morgan fingerprint density at radius 3 is 1.59 bits per heavy atom. The van der Waals surface area contributed by atoms with E-state index in [-0.39, 0.29) is 43.3 Å². The minimum atomic E-state index is -1.24. The Bertz CT molecular complexity index is 2380. The van der Waals surface area contributed by atoms with E-state index in [0.29, 0.717) is 18.5 Å². The van der Waals surface area contributed by atoms with Gasteiger partial charge in [-0.05, 0) is 125 Å². The number of fused-ring (bicyclic) bond motifs is 2. The maximum atomic E-state index is 14.6. The highest BCUT2D eigenvalue weighted by molar-refractivity contribution is 6.35. The lowest BCUT2D eigenvalue weighted by atomic mass is 9.74. The molecule has 20 nitrogen and oxygen atoms in total. The van der Waals surface area contributed by atoms with Crippen LogP contribution >= 0.6 is 0 Å². The van der Waals surface area contributed by atoms with Gasteiger partial charge in [0.1, 0.15) is 17.7 Å². The monoisotopic (exact) mass is 1060 g/mol. The normalized spacial score (nSPS) is 24.5. The van der Waals surface area contributed by atoms with Crippen molar-refractivity contribution < 1.29 is 56.7 Å². The molecule has 2 aliphatic heterocycles. The highest BCUT2D eigenvalue weighted by Crippen LogP contribution is 2.55. The van der Waals surface area contributed by atoms with Crippen LogP contribution in [0.3, 0.4) is 0 Å². The topological polar surface area (TPSA) is 273 Å². The maximum absolute atomic E-state index is 14.6. The van der Waals surface area contributed by atoms with Crippen LogP contribution in [0, 0.1) is 58.0 Å². The van der Waals surface area contributed by atoms with E-state index in [1.807, 2.05) is 20.8 Å². The average molecular weight is 1060 g/mol. The Labute approximate surface area is 442 Å². The van der Waals surface area contributed by atoms with E-state index in [9.17, 15) is 56.7 Å². The number of likely N-dealkylation sites (N-methyl/N-ethyl adjacent to an activating group) is 2. The summed E-state index contributed by atoms with van der Waals surface area (Å²) in [6.07, 6.45) is 0.960. The van der Waals surface area contributed by atoms with Crippen molar-refractivity contribution in [3.8, 4) is 0 Å². The molecule has 0 aromatic heterocycles. The lowest BCUT2D eigenvalue weighted by Gasteiger charge is -2.37. The molecule has 4 aliphatic rings. The molecule has 2 unspecified atom stereocenters. The lowest BCUT2D eigenvalue weighted by Crippen LogP contribution is -2.59. The Morgan fingerprint density at radius 2 is 1.09 bits per heavy atom. The van der Waals surface area contributed by atoms with Gasteiger partial charge in [0.05, 0.1) is 49.2 Å². The number of carbonyl (C=O) groups is 10. The molecular formula is C54H74F2N10O10. The highest BCUT2D eigenvalue weighted by atomic mass is 19.1. The van der Waals surface area contributed by atoms with Gasteiger partial charge in [-0.3, -0.25) is 47.9 Å². The van der Waals surface area contributed by atoms with E-state index in [4.69, 9.17) is 0 Å². The van der Waals surface area contributed by atoms with E-state index in [1.165, 1.54) is 58.3 Å². The van der Waals surface area contributed by atoms with Crippen LogP contribution in [0.5, 0.6) is 0 Å². The van der Waals surface area contributed by atoms with Crippen molar-refractivity contribution >= 4 is 70.2 Å². The summed E-state index contributed by atoms with van der Waals surface area (Å²) in [5.74, 6) is -11.8. The lowest BCUT2D eigenvalue weighted by molar-refractivity contribution is -0.142. The van der Waals surface area contributed by atoms with Gasteiger partial charge in [0, 0.05) is 42.2 Å². The SMILES string of the molecule is CN[C@@H](C)C(=O)N[C@H](C(=O)C1CC[C@H]2C(C(=O)CNC(=O)C(=O)NCC(=O)N3C[C@H](C(=O)Nc4ccc(F)cc4)[C@@H]4[C@H]3CCN4C(=O)[C@@H](NC(=O)[C@@H](C)NC)C(C)(C)C)C[C@H](C(=O)Nc3ccc(F)cc3)[C@@H]12)C(C)(C)C. The largest absolute Gasteiger partial charge is 0.344 e. The molecule has 2 aromatic rings. The molecule has 414 valence electrons. The number of carbonyl (C=O) groups excluding carboxylic acids is 10. The molecule has 0 spiro atoms. The number of hydrogen-bond acceptors (Lipinski definition) is 12. The van der Waals surface area contributed by atoms with Crippen LogP contribution in [-0.4, -0.2) is 145 Å². The Kier molecular flexibility index (Phi) is 18.6. The fourth-order valence-electron chi connectivity index (χ4n) is 11.3. The van der Waals surface area contributed by atoms with Crippen molar-refractivity contribution in [2.75, 3.05) is 50.9 Å². The van der Waals surface area contributed by atoms with Gasteiger partial charge >= 0.3 is 11.8 Å². The van der Waals surface area contributed by atoms with Crippen molar-refractivity contribution in [3.63, 3.8) is 0 Å². The zero-order valence-corrected chi connectivity index (χ0v) is 44.9. The summed E-state index contributed by atoms with van der Waals surface area (Å²) in [6, 6.07) is 5.46. The Hall–Kier alpha value is -6.68. The van der Waals surface area contributed by atoms with Crippen LogP contribution in [0.4, 0.5) is 20.2 Å². The number of likely N-dealkylation sites (tertiary alicyclic amines) is 2. The van der Waals surface area contributed by atoms with E-state index < -0.39 is 154 Å². The van der Waals surface area contributed by atoms with E-state index in [2.05, 4.69) is 42.5 Å². The molecule has 2 aliphatic carbocycles. The van der Waals surface area contributed by atoms with Crippen LogP contribution in [0.15, 0.2) is 48.5 Å². The number of nitrogens with zero attached hydrogens (tertiary/aromatic N) is 2. The van der Waals surface area contributed by atoms with Crippen molar-refractivity contribution in [1.82, 2.24) is 41.7 Å². The zero-order valence-electron chi connectivity index (χ0n) is 44.9. The van der Waals surface area contributed by atoms with Crippen LogP contribution < -0.4 is 42.5 Å². The molecule has 22 heteroatoms. The van der Waals surface area contributed by atoms with Crippen molar-refractivity contribution in [3.05, 3.63) is 60.2 Å². The first-order chi connectivity index (χ1) is 35.7. The van der Waals surface area contributed by atoms with Gasteiger partial charge in [-0.1, -0.05) is 41.5 Å². The van der Waals surface area contributed by atoms with E-state index >= 15 is 0 Å². The quantitative estimate of drug-likeness (QED) is 0.0996. The summed E-state index contributed by atoms with van der Waals surface area (Å²) in [5.41, 5.74) is -0.924. The molecule has 0 bridgehead atoms. The standard InChI is InChI=1S/C54H74F2N10O10/c1-27(57-9)46(70)63-44(53(3,4)5)43(69)34-20-19-33-35(23-36(41(33)34)48(72)61-31-15-11-29(55)12-16-31)39(67)24-59-50(74)51(75)60-25-40(68)66-26-37(49(73)62-32-17-13-30(56)14-18-32)42-38(66)21-22-65(42)52(76)45(54(6,7)8)64-47(71)28(2)58-10/h11-18,27-28,33-38,41-42,44-45,57-58H,19-26H2,1-10H3,(H,59,74)(H,60,75)(H,61,72)(H,62,73)(H,63,70)(H,64,71)/t27-,28+,33-,34?,35?,36-,37-,38+,41+,42+,44+,45+/m0/s1. The molecule has 2 saturated carbocycles. The molecule has 8 N–H and O–H groups in total. The van der Waals surface area contributed by atoms with E-state index in [1.54, 1.807) is 48.7 Å². The number of anilines is 2. The fraction of sp³-hybridized carbons (Fsp3) is 0.593. The second-order valence-corrected chi connectivity index (χ2v) is 22.8. The number of ketones is 2. The first kappa shape index (κ1) is 58.6. The van der Waals surface area contributed by atoms with Crippen LogP contribution in [-0.2, 0) is 47.9 Å². The third-order valence-corrected chi connectivity index (χ3v) is 15.7. The molecule has 8 amide bonds. The van der Waals surface area contributed by atoms with Gasteiger partial charge in [-0.2, -0.15) is 0 Å².